The van der Waals surface area contributed by atoms with E-state index in [-0.39, 0.29) is 36.2 Å². The number of halogens is 5. The zero-order valence-corrected chi connectivity index (χ0v) is 19.1. The Balaban J connectivity index is 1.67. The van der Waals surface area contributed by atoms with E-state index in [1.54, 1.807) is 12.1 Å². The lowest BCUT2D eigenvalue weighted by Crippen LogP contribution is -2.04. The van der Waals surface area contributed by atoms with Gasteiger partial charge in [-0.3, -0.25) is 0 Å². The summed E-state index contributed by atoms with van der Waals surface area (Å²) in [6.07, 6.45) is 3.36. The first-order valence-corrected chi connectivity index (χ1v) is 11.5. The fourth-order valence-corrected chi connectivity index (χ4v) is 4.12. The van der Waals surface area contributed by atoms with Crippen LogP contribution < -0.4 is 0 Å². The summed E-state index contributed by atoms with van der Waals surface area (Å²) in [7, 11) is 0. The molecule has 3 aromatic carbocycles. The van der Waals surface area contributed by atoms with Crippen LogP contribution in [0, 0.1) is 29.1 Å². The molecule has 0 aromatic heterocycles. The lowest BCUT2D eigenvalue weighted by Gasteiger charge is -2.11. The van der Waals surface area contributed by atoms with Crippen LogP contribution in [-0.4, -0.2) is 0 Å². The first-order valence-electron chi connectivity index (χ1n) is 11.5. The molecule has 0 spiro atoms. The van der Waals surface area contributed by atoms with Crippen LogP contribution in [0.25, 0.3) is 0 Å². The number of hydrogen-bond acceptors (Lipinski definition) is 0. The van der Waals surface area contributed by atoms with Gasteiger partial charge >= 0.3 is 0 Å². The first-order chi connectivity index (χ1) is 15.8. The summed E-state index contributed by atoms with van der Waals surface area (Å²) in [6.45, 7) is 3.90. The van der Waals surface area contributed by atoms with Crippen molar-refractivity contribution in [3.05, 3.63) is 105 Å². The fraction of sp³-hybridized carbons (Fsp3) is 0.357. The van der Waals surface area contributed by atoms with Gasteiger partial charge < -0.3 is 0 Å². The predicted octanol–water partition coefficient (Wildman–Crippen LogP) is 7.86. The SMILES string of the molecule is CCCc1cc(F)c(CCc2cc(F)c(CCc3ccc(CCC)c(F)c3)c(F)c2)c(F)c1. The van der Waals surface area contributed by atoms with Gasteiger partial charge in [0.2, 0.25) is 0 Å². The van der Waals surface area contributed by atoms with E-state index in [1.165, 1.54) is 30.3 Å². The Bertz CT molecular complexity index is 1060. The van der Waals surface area contributed by atoms with Crippen molar-refractivity contribution in [3.63, 3.8) is 0 Å². The summed E-state index contributed by atoms with van der Waals surface area (Å²) in [5, 5.41) is 0. The van der Waals surface area contributed by atoms with Crippen LogP contribution in [-0.2, 0) is 38.5 Å². The first kappa shape index (κ1) is 24.9. The molecule has 0 aliphatic heterocycles. The highest BCUT2D eigenvalue weighted by Gasteiger charge is 2.15. The molecule has 0 aliphatic rings. The van der Waals surface area contributed by atoms with Gasteiger partial charge in [-0.25, -0.2) is 22.0 Å². The van der Waals surface area contributed by atoms with Crippen molar-refractivity contribution >= 4 is 0 Å². The van der Waals surface area contributed by atoms with E-state index in [1.807, 2.05) is 13.8 Å². The van der Waals surface area contributed by atoms with Crippen LogP contribution in [0.15, 0.2) is 42.5 Å². The molecule has 0 saturated heterocycles. The van der Waals surface area contributed by atoms with Crippen molar-refractivity contribution in [3.8, 4) is 0 Å². The Morgan fingerprint density at radius 3 is 1.33 bits per heavy atom. The second-order valence-electron chi connectivity index (χ2n) is 8.50. The second-order valence-corrected chi connectivity index (χ2v) is 8.50. The Hall–Kier alpha value is -2.69. The molecule has 3 rings (SSSR count). The van der Waals surface area contributed by atoms with Crippen LogP contribution in [0.2, 0.25) is 0 Å². The maximum absolute atomic E-state index is 14.6. The summed E-state index contributed by atoms with van der Waals surface area (Å²) < 4.78 is 72.0. The second kappa shape index (κ2) is 11.4. The minimum atomic E-state index is -0.702. The van der Waals surface area contributed by atoms with Crippen LogP contribution in [0.4, 0.5) is 22.0 Å². The molecule has 0 atom stereocenters. The summed E-state index contributed by atoms with van der Waals surface area (Å²) in [5.74, 6) is -2.96. The molecule has 0 N–H and O–H groups in total. The lowest BCUT2D eigenvalue weighted by atomic mass is 9.97. The van der Waals surface area contributed by atoms with Crippen molar-refractivity contribution < 1.29 is 22.0 Å². The molecule has 5 heteroatoms. The van der Waals surface area contributed by atoms with Gasteiger partial charge in [0.15, 0.2) is 0 Å². The molecule has 0 fully saturated rings. The van der Waals surface area contributed by atoms with E-state index in [4.69, 9.17) is 0 Å². The normalized spacial score (nSPS) is 11.2. The largest absolute Gasteiger partial charge is 0.207 e. The van der Waals surface area contributed by atoms with E-state index < -0.39 is 23.3 Å². The van der Waals surface area contributed by atoms with Gasteiger partial charge in [0.1, 0.15) is 29.1 Å². The molecular weight excluding hydrogens is 431 g/mol. The van der Waals surface area contributed by atoms with Gasteiger partial charge in [0, 0.05) is 11.1 Å². The molecule has 0 unspecified atom stereocenters. The highest BCUT2D eigenvalue weighted by Crippen LogP contribution is 2.22. The average molecular weight is 461 g/mol. The van der Waals surface area contributed by atoms with E-state index >= 15 is 0 Å². The molecule has 0 heterocycles. The molecule has 0 bridgehead atoms. The Morgan fingerprint density at radius 1 is 0.455 bits per heavy atom. The number of aryl methyl sites for hydroxylation is 4. The highest BCUT2D eigenvalue weighted by atomic mass is 19.1. The third kappa shape index (κ3) is 6.43. The number of hydrogen-bond donors (Lipinski definition) is 0. The third-order valence-electron chi connectivity index (χ3n) is 5.90. The zero-order valence-electron chi connectivity index (χ0n) is 19.1. The lowest BCUT2D eigenvalue weighted by molar-refractivity contribution is 0.544. The Kier molecular flexibility index (Phi) is 8.65. The van der Waals surface area contributed by atoms with Crippen molar-refractivity contribution in [2.24, 2.45) is 0 Å². The van der Waals surface area contributed by atoms with Crippen LogP contribution >= 0.6 is 0 Å². The van der Waals surface area contributed by atoms with Crippen LogP contribution in [0.5, 0.6) is 0 Å². The van der Waals surface area contributed by atoms with Crippen molar-refractivity contribution in [2.75, 3.05) is 0 Å². The topological polar surface area (TPSA) is 0 Å². The van der Waals surface area contributed by atoms with Gasteiger partial charge in [0.25, 0.3) is 0 Å². The maximum atomic E-state index is 14.6. The molecular formula is C28H29F5. The molecule has 176 valence electrons. The summed E-state index contributed by atoms with van der Waals surface area (Å²) in [6, 6.07) is 10.00. The Morgan fingerprint density at radius 2 is 0.879 bits per heavy atom. The quantitative estimate of drug-likeness (QED) is 0.270. The highest BCUT2D eigenvalue weighted by molar-refractivity contribution is 5.31. The Labute approximate surface area is 192 Å². The third-order valence-corrected chi connectivity index (χ3v) is 5.90. The fourth-order valence-electron chi connectivity index (χ4n) is 4.12. The van der Waals surface area contributed by atoms with Gasteiger partial charge in [-0.1, -0.05) is 38.8 Å². The predicted molar refractivity (Wildman–Crippen MR) is 122 cm³/mol. The van der Waals surface area contributed by atoms with Crippen LogP contribution in [0.1, 0.15) is 60.1 Å². The summed E-state index contributed by atoms with van der Waals surface area (Å²) in [4.78, 5) is 0. The van der Waals surface area contributed by atoms with Crippen molar-refractivity contribution in [1.29, 1.82) is 0 Å². The molecule has 33 heavy (non-hydrogen) atoms. The molecule has 0 radical (unpaired) electrons. The molecule has 0 saturated carbocycles. The zero-order chi connectivity index (χ0) is 24.0. The summed E-state index contributed by atoms with van der Waals surface area (Å²) >= 11 is 0. The molecule has 0 amide bonds. The number of rotatable bonds is 10. The molecule has 0 nitrogen and oxygen atoms in total. The van der Waals surface area contributed by atoms with Gasteiger partial charge in [-0.05, 0) is 91.1 Å². The maximum Gasteiger partial charge on any atom is 0.129 e. The van der Waals surface area contributed by atoms with Gasteiger partial charge in [-0.15, -0.1) is 0 Å². The standard InChI is InChI=1S/C28H29F5/c1-3-5-19-14-25(30)23(26(31)15-19)12-9-20-16-27(32)22(28(33)17-20)11-8-18-7-10-21(6-4-2)24(29)13-18/h7,10,13-17H,3-6,8-9,11-12H2,1-2H3. The monoisotopic (exact) mass is 460 g/mol. The smallest absolute Gasteiger partial charge is 0.129 e. The molecule has 3 aromatic rings. The van der Waals surface area contributed by atoms with Crippen LogP contribution in [0.3, 0.4) is 0 Å². The van der Waals surface area contributed by atoms with E-state index in [0.717, 1.165) is 12.8 Å². The van der Waals surface area contributed by atoms with Gasteiger partial charge in [-0.2, -0.15) is 0 Å². The minimum Gasteiger partial charge on any atom is -0.207 e. The average Bonchev–Trinajstić information content (AvgIpc) is 2.75. The van der Waals surface area contributed by atoms with Crippen molar-refractivity contribution in [2.45, 2.75) is 65.2 Å². The van der Waals surface area contributed by atoms with E-state index in [0.29, 0.717) is 41.5 Å². The summed E-state index contributed by atoms with van der Waals surface area (Å²) in [5.41, 5.74) is 2.09. The van der Waals surface area contributed by atoms with E-state index in [9.17, 15) is 22.0 Å². The molecule has 0 aliphatic carbocycles. The minimum absolute atomic E-state index is 0.00564. The van der Waals surface area contributed by atoms with Crippen molar-refractivity contribution in [1.82, 2.24) is 0 Å². The number of benzene rings is 3. The van der Waals surface area contributed by atoms with E-state index in [2.05, 4.69) is 0 Å². The van der Waals surface area contributed by atoms with Gasteiger partial charge in [0.05, 0.1) is 0 Å².